The summed E-state index contributed by atoms with van der Waals surface area (Å²) in [5.41, 5.74) is 10.5. The number of hydrogen-bond donors (Lipinski definition) is 7. The molecule has 0 saturated carbocycles. The number of amides is 3. The lowest BCUT2D eigenvalue weighted by atomic mass is 10.1. The van der Waals surface area contributed by atoms with Crippen molar-refractivity contribution in [3.8, 4) is 0 Å². The quantitative estimate of drug-likeness (QED) is 0.0848. The molecule has 0 bridgehead atoms. The Morgan fingerprint density at radius 3 is 2.52 bits per heavy atom. The number of carboxylic acid groups (broad SMARTS) is 1. The average molecular weight is 460 g/mol. The zero-order valence-corrected chi connectivity index (χ0v) is 18.5. The predicted molar refractivity (Wildman–Crippen MR) is 118 cm³/mol. The highest BCUT2D eigenvalue weighted by Crippen LogP contribution is 2.05. The third kappa shape index (κ3) is 10.9. The molecule has 176 valence electrons. The van der Waals surface area contributed by atoms with E-state index in [4.69, 9.17) is 11.5 Å². The standard InChI is InChI=1S/C18H33N7O5S/c1-31-9-6-12(24-14(26)10-23-15(27)11-4-2-7-21-11)16(28)25-13(17(29)30)5-3-8-22-18(19)20/h11-13,21H,2-10H2,1H3,(H,23,27)(H,24,26)(H,25,28)(H,29,30)(H4,19,20,22). The summed E-state index contributed by atoms with van der Waals surface area (Å²) < 4.78 is 0. The lowest BCUT2D eigenvalue weighted by molar-refractivity contribution is -0.142. The van der Waals surface area contributed by atoms with E-state index in [0.717, 1.165) is 13.0 Å². The van der Waals surface area contributed by atoms with Crippen LogP contribution in [0.1, 0.15) is 32.1 Å². The van der Waals surface area contributed by atoms with Crippen LogP contribution < -0.4 is 32.7 Å². The van der Waals surface area contributed by atoms with Crippen molar-refractivity contribution in [2.75, 3.05) is 31.6 Å². The van der Waals surface area contributed by atoms with E-state index < -0.39 is 29.9 Å². The Morgan fingerprint density at radius 1 is 1.19 bits per heavy atom. The molecular weight excluding hydrogens is 426 g/mol. The van der Waals surface area contributed by atoms with Gasteiger partial charge in [-0.25, -0.2) is 4.79 Å². The van der Waals surface area contributed by atoms with Crippen molar-refractivity contribution in [1.82, 2.24) is 21.3 Å². The molecule has 0 spiro atoms. The van der Waals surface area contributed by atoms with E-state index in [1.807, 2.05) is 6.26 Å². The second kappa shape index (κ2) is 14.5. The summed E-state index contributed by atoms with van der Waals surface area (Å²) in [6, 6.07) is -2.36. The Morgan fingerprint density at radius 2 is 1.94 bits per heavy atom. The maximum atomic E-state index is 12.6. The van der Waals surface area contributed by atoms with Crippen LogP contribution in [0.4, 0.5) is 0 Å². The van der Waals surface area contributed by atoms with Crippen LogP contribution in [0.5, 0.6) is 0 Å². The summed E-state index contributed by atoms with van der Waals surface area (Å²) in [5.74, 6) is -2.08. The molecule has 0 aromatic rings. The van der Waals surface area contributed by atoms with Gasteiger partial charge in [-0.05, 0) is 50.7 Å². The first-order valence-corrected chi connectivity index (χ1v) is 11.5. The van der Waals surface area contributed by atoms with Crippen molar-refractivity contribution in [2.24, 2.45) is 16.5 Å². The van der Waals surface area contributed by atoms with Crippen LogP contribution in [-0.2, 0) is 19.2 Å². The number of aliphatic carboxylic acids is 1. The van der Waals surface area contributed by atoms with Gasteiger partial charge in [0.05, 0.1) is 12.6 Å². The number of hydrogen-bond acceptors (Lipinski definition) is 7. The van der Waals surface area contributed by atoms with E-state index in [0.29, 0.717) is 25.0 Å². The van der Waals surface area contributed by atoms with Gasteiger partial charge in [-0.3, -0.25) is 19.4 Å². The maximum absolute atomic E-state index is 12.6. The molecular formula is C18H33N7O5S. The minimum absolute atomic E-state index is 0.0912. The van der Waals surface area contributed by atoms with Crippen LogP contribution in [-0.4, -0.2) is 84.5 Å². The zero-order chi connectivity index (χ0) is 23.2. The molecule has 0 aromatic carbocycles. The molecule has 1 saturated heterocycles. The number of nitrogens with zero attached hydrogens (tertiary/aromatic N) is 1. The van der Waals surface area contributed by atoms with E-state index >= 15 is 0 Å². The Labute approximate surface area is 185 Å². The van der Waals surface area contributed by atoms with Crippen LogP contribution >= 0.6 is 11.8 Å². The van der Waals surface area contributed by atoms with Gasteiger partial charge in [0.2, 0.25) is 17.7 Å². The van der Waals surface area contributed by atoms with Crippen LogP contribution in [0.2, 0.25) is 0 Å². The normalized spacial score (nSPS) is 17.3. The molecule has 0 aliphatic carbocycles. The van der Waals surface area contributed by atoms with Gasteiger partial charge in [0.25, 0.3) is 0 Å². The van der Waals surface area contributed by atoms with Gasteiger partial charge < -0.3 is 37.8 Å². The lowest BCUT2D eigenvalue weighted by Gasteiger charge is -2.21. The third-order valence-corrected chi connectivity index (χ3v) is 5.27. The summed E-state index contributed by atoms with van der Waals surface area (Å²) in [4.78, 5) is 52.1. The van der Waals surface area contributed by atoms with Gasteiger partial charge in [-0.15, -0.1) is 0 Å². The second-order valence-corrected chi connectivity index (χ2v) is 8.10. The molecule has 3 atom stereocenters. The van der Waals surface area contributed by atoms with Gasteiger partial charge in [-0.1, -0.05) is 0 Å². The zero-order valence-electron chi connectivity index (χ0n) is 17.7. The first-order valence-electron chi connectivity index (χ1n) is 10.1. The van der Waals surface area contributed by atoms with Crippen LogP contribution in [0.25, 0.3) is 0 Å². The number of carboxylic acids is 1. The number of carbonyl (C=O) groups excluding carboxylic acids is 3. The van der Waals surface area contributed by atoms with Gasteiger partial charge in [0.15, 0.2) is 5.96 Å². The van der Waals surface area contributed by atoms with Crippen molar-refractivity contribution in [3.63, 3.8) is 0 Å². The van der Waals surface area contributed by atoms with E-state index in [9.17, 15) is 24.3 Å². The Kier molecular flexibility index (Phi) is 12.4. The minimum Gasteiger partial charge on any atom is -0.480 e. The highest BCUT2D eigenvalue weighted by atomic mass is 32.2. The largest absolute Gasteiger partial charge is 0.480 e. The molecule has 1 rings (SSSR count). The summed E-state index contributed by atoms with van der Waals surface area (Å²) in [5, 5.41) is 20.0. The van der Waals surface area contributed by atoms with Crippen LogP contribution in [0.15, 0.2) is 4.99 Å². The number of aliphatic imine (C=N–C) groups is 1. The molecule has 0 radical (unpaired) electrons. The van der Waals surface area contributed by atoms with Crippen molar-refractivity contribution in [3.05, 3.63) is 0 Å². The second-order valence-electron chi connectivity index (χ2n) is 7.12. The summed E-state index contributed by atoms with van der Waals surface area (Å²) in [7, 11) is 0. The van der Waals surface area contributed by atoms with Gasteiger partial charge in [0.1, 0.15) is 12.1 Å². The van der Waals surface area contributed by atoms with Crippen molar-refractivity contribution in [1.29, 1.82) is 0 Å². The summed E-state index contributed by atoms with van der Waals surface area (Å²) in [6.07, 6.45) is 4.28. The number of thioether (sulfide) groups is 1. The molecule has 9 N–H and O–H groups in total. The Bertz CT molecular complexity index is 651. The SMILES string of the molecule is CSCCC(NC(=O)CNC(=O)C1CCCN1)C(=O)NC(CCCN=C(N)N)C(=O)O. The van der Waals surface area contributed by atoms with Crippen molar-refractivity contribution < 1.29 is 24.3 Å². The highest BCUT2D eigenvalue weighted by molar-refractivity contribution is 7.98. The molecule has 1 aliphatic heterocycles. The number of nitrogens with two attached hydrogens (primary N) is 2. The lowest BCUT2D eigenvalue weighted by Crippen LogP contribution is -2.53. The fourth-order valence-electron chi connectivity index (χ4n) is 2.98. The Hall–Kier alpha value is -2.54. The first-order chi connectivity index (χ1) is 14.7. The number of rotatable bonds is 14. The number of nitrogens with one attached hydrogen (secondary N) is 4. The maximum Gasteiger partial charge on any atom is 0.326 e. The molecule has 3 amide bonds. The monoisotopic (exact) mass is 459 g/mol. The molecule has 1 aliphatic rings. The highest BCUT2D eigenvalue weighted by Gasteiger charge is 2.27. The molecule has 3 unspecified atom stereocenters. The summed E-state index contributed by atoms with van der Waals surface area (Å²) in [6.45, 7) is 0.739. The van der Waals surface area contributed by atoms with Gasteiger partial charge in [0, 0.05) is 6.54 Å². The topological polar surface area (TPSA) is 201 Å². The smallest absolute Gasteiger partial charge is 0.326 e. The predicted octanol–water partition coefficient (Wildman–Crippen LogP) is -2.28. The van der Waals surface area contributed by atoms with Crippen molar-refractivity contribution >= 4 is 41.4 Å². The summed E-state index contributed by atoms with van der Waals surface area (Å²) >= 11 is 1.49. The van der Waals surface area contributed by atoms with E-state index in [-0.39, 0.29) is 37.4 Å². The van der Waals surface area contributed by atoms with E-state index in [1.54, 1.807) is 0 Å². The molecule has 12 nitrogen and oxygen atoms in total. The third-order valence-electron chi connectivity index (χ3n) is 4.62. The molecule has 31 heavy (non-hydrogen) atoms. The van der Waals surface area contributed by atoms with Gasteiger partial charge in [-0.2, -0.15) is 11.8 Å². The van der Waals surface area contributed by atoms with Crippen molar-refractivity contribution in [2.45, 2.75) is 50.2 Å². The fraction of sp³-hybridized carbons (Fsp3) is 0.722. The average Bonchev–Trinajstić information content (AvgIpc) is 3.25. The molecule has 1 fully saturated rings. The molecule has 1 heterocycles. The minimum atomic E-state index is -1.19. The van der Waals surface area contributed by atoms with E-state index in [1.165, 1.54) is 11.8 Å². The van der Waals surface area contributed by atoms with Crippen LogP contribution in [0.3, 0.4) is 0 Å². The number of carbonyl (C=O) groups is 4. The molecule has 13 heteroatoms. The van der Waals surface area contributed by atoms with Gasteiger partial charge >= 0.3 is 5.97 Å². The van der Waals surface area contributed by atoms with Crippen LogP contribution in [0, 0.1) is 0 Å². The Balaban J connectivity index is 2.58. The first kappa shape index (κ1) is 26.5. The van der Waals surface area contributed by atoms with E-state index in [2.05, 4.69) is 26.3 Å². The molecule has 0 aromatic heterocycles. The number of guanidine groups is 1. The fourth-order valence-corrected chi connectivity index (χ4v) is 3.45.